The molecule has 0 aliphatic carbocycles. The fourth-order valence-corrected chi connectivity index (χ4v) is 3.27. The van der Waals surface area contributed by atoms with Gasteiger partial charge in [0.2, 0.25) is 0 Å². The van der Waals surface area contributed by atoms with Crippen LogP contribution in [0.3, 0.4) is 0 Å². The lowest BCUT2D eigenvalue weighted by Gasteiger charge is -2.09. The summed E-state index contributed by atoms with van der Waals surface area (Å²) in [4.78, 5) is 36.0. The molecule has 1 amide bonds. The van der Waals surface area contributed by atoms with E-state index in [1.54, 1.807) is 24.3 Å². The molecule has 122 valence electrons. The Morgan fingerprint density at radius 2 is 2.09 bits per heavy atom. The van der Waals surface area contributed by atoms with Gasteiger partial charge in [-0.3, -0.25) is 14.4 Å². The van der Waals surface area contributed by atoms with E-state index in [0.717, 1.165) is 0 Å². The van der Waals surface area contributed by atoms with E-state index < -0.39 is 6.04 Å². The first-order chi connectivity index (χ1) is 11.1. The molecule has 23 heavy (non-hydrogen) atoms. The van der Waals surface area contributed by atoms with Crippen LogP contribution in [0.2, 0.25) is 0 Å². The highest BCUT2D eigenvalue weighted by Crippen LogP contribution is 2.28. The molecule has 1 aliphatic rings. The number of amides is 1. The third-order valence-corrected chi connectivity index (χ3v) is 4.63. The first-order valence-electron chi connectivity index (χ1n) is 7.41. The Morgan fingerprint density at radius 3 is 2.78 bits per heavy atom. The van der Waals surface area contributed by atoms with E-state index in [9.17, 15) is 14.4 Å². The first kappa shape index (κ1) is 17.3. The second-order valence-corrected chi connectivity index (χ2v) is 6.17. The van der Waals surface area contributed by atoms with Gasteiger partial charge in [0.1, 0.15) is 6.04 Å². The minimum Gasteiger partial charge on any atom is -0.469 e. The number of hydrogen-bond acceptors (Lipinski definition) is 5. The number of carbonyl (C=O) groups excluding carboxylic acids is 3. The monoisotopic (exact) mass is 333 g/mol. The molecule has 0 spiro atoms. The van der Waals surface area contributed by atoms with E-state index in [-0.39, 0.29) is 17.7 Å². The average Bonchev–Trinajstić information content (AvgIpc) is 2.92. The van der Waals surface area contributed by atoms with E-state index in [4.69, 9.17) is 0 Å². The van der Waals surface area contributed by atoms with Crippen LogP contribution in [0.4, 0.5) is 0 Å². The molecule has 1 fully saturated rings. The van der Waals surface area contributed by atoms with Gasteiger partial charge in [-0.25, -0.2) is 0 Å². The smallest absolute Gasteiger partial charge is 0.305 e. The summed E-state index contributed by atoms with van der Waals surface area (Å²) in [5.74, 6) is -0.00379. The SMILES string of the molecule is COC(=O)CCC/C=C1\SC[C@@H](NC(=O)c2ccccc2)C1=O. The third kappa shape index (κ3) is 4.96. The minimum absolute atomic E-state index is 0.0580. The van der Waals surface area contributed by atoms with Gasteiger partial charge in [-0.2, -0.15) is 0 Å². The van der Waals surface area contributed by atoms with Crippen LogP contribution in [0.15, 0.2) is 41.3 Å². The summed E-state index contributed by atoms with van der Waals surface area (Å²) >= 11 is 1.44. The van der Waals surface area contributed by atoms with Crippen LogP contribution in [-0.4, -0.2) is 36.6 Å². The normalized spacial score (nSPS) is 18.9. The number of methoxy groups -OCH3 is 1. The van der Waals surface area contributed by atoms with Gasteiger partial charge in [-0.15, -0.1) is 11.8 Å². The zero-order valence-corrected chi connectivity index (χ0v) is 13.7. The molecular formula is C17H19NO4S. The van der Waals surface area contributed by atoms with Gasteiger partial charge in [-0.1, -0.05) is 24.3 Å². The summed E-state index contributed by atoms with van der Waals surface area (Å²) in [5.41, 5.74) is 0.542. The van der Waals surface area contributed by atoms with E-state index in [2.05, 4.69) is 10.1 Å². The lowest BCUT2D eigenvalue weighted by Crippen LogP contribution is -2.39. The Morgan fingerprint density at radius 1 is 1.35 bits per heavy atom. The van der Waals surface area contributed by atoms with Crippen LogP contribution in [-0.2, 0) is 14.3 Å². The van der Waals surface area contributed by atoms with Crippen LogP contribution in [0.1, 0.15) is 29.6 Å². The molecule has 1 atom stereocenters. The number of benzene rings is 1. The van der Waals surface area contributed by atoms with E-state index in [1.807, 2.05) is 12.1 Å². The Hall–Kier alpha value is -2.08. The number of hydrogen-bond donors (Lipinski definition) is 1. The summed E-state index contributed by atoms with van der Waals surface area (Å²) in [5, 5.41) is 2.77. The van der Waals surface area contributed by atoms with Gasteiger partial charge in [0, 0.05) is 22.6 Å². The Balaban J connectivity index is 1.84. The van der Waals surface area contributed by atoms with Gasteiger partial charge in [-0.05, 0) is 25.0 Å². The molecule has 5 nitrogen and oxygen atoms in total. The number of carbonyl (C=O) groups is 3. The third-order valence-electron chi connectivity index (χ3n) is 3.45. The molecule has 0 unspecified atom stereocenters. The first-order valence-corrected chi connectivity index (χ1v) is 8.40. The van der Waals surface area contributed by atoms with Crippen molar-refractivity contribution >= 4 is 29.4 Å². The highest BCUT2D eigenvalue weighted by Gasteiger charge is 2.31. The molecule has 1 saturated heterocycles. The maximum atomic E-state index is 12.3. The van der Waals surface area contributed by atoms with Crippen molar-refractivity contribution in [3.05, 3.63) is 46.9 Å². The van der Waals surface area contributed by atoms with Gasteiger partial charge in [0.25, 0.3) is 5.91 Å². The molecule has 0 bridgehead atoms. The van der Waals surface area contributed by atoms with Crippen molar-refractivity contribution in [1.29, 1.82) is 0 Å². The zero-order chi connectivity index (χ0) is 16.7. The molecule has 2 rings (SSSR count). The van der Waals surface area contributed by atoms with Crippen LogP contribution in [0.25, 0.3) is 0 Å². The Labute approximate surface area is 139 Å². The maximum Gasteiger partial charge on any atom is 0.305 e. The average molecular weight is 333 g/mol. The van der Waals surface area contributed by atoms with Crippen molar-refractivity contribution in [2.24, 2.45) is 0 Å². The predicted molar refractivity (Wildman–Crippen MR) is 89.1 cm³/mol. The highest BCUT2D eigenvalue weighted by molar-refractivity contribution is 8.04. The zero-order valence-electron chi connectivity index (χ0n) is 12.9. The lowest BCUT2D eigenvalue weighted by atomic mass is 10.1. The number of unbranched alkanes of at least 4 members (excludes halogenated alkanes) is 1. The van der Waals surface area contributed by atoms with Crippen molar-refractivity contribution in [3.8, 4) is 0 Å². The van der Waals surface area contributed by atoms with E-state index in [0.29, 0.717) is 35.5 Å². The fraction of sp³-hybridized carbons (Fsp3) is 0.353. The van der Waals surface area contributed by atoms with Crippen LogP contribution < -0.4 is 5.32 Å². The minimum atomic E-state index is -0.487. The number of thioether (sulfide) groups is 1. The second kappa shape index (κ2) is 8.53. The molecular weight excluding hydrogens is 314 g/mol. The molecule has 1 heterocycles. The van der Waals surface area contributed by atoms with Gasteiger partial charge in [0.05, 0.1) is 7.11 Å². The van der Waals surface area contributed by atoms with Gasteiger partial charge < -0.3 is 10.1 Å². The molecule has 0 radical (unpaired) electrons. The summed E-state index contributed by atoms with van der Waals surface area (Å²) in [6, 6.07) is 8.35. The largest absolute Gasteiger partial charge is 0.469 e. The highest BCUT2D eigenvalue weighted by atomic mass is 32.2. The van der Waals surface area contributed by atoms with Crippen molar-refractivity contribution in [2.45, 2.75) is 25.3 Å². The number of rotatable bonds is 6. The summed E-state index contributed by atoms with van der Waals surface area (Å²) in [6.45, 7) is 0. The summed E-state index contributed by atoms with van der Waals surface area (Å²) in [6.07, 6.45) is 3.46. The van der Waals surface area contributed by atoms with Crippen LogP contribution in [0, 0.1) is 0 Å². The van der Waals surface area contributed by atoms with Crippen LogP contribution in [0.5, 0.6) is 0 Å². The van der Waals surface area contributed by atoms with Crippen molar-refractivity contribution < 1.29 is 19.1 Å². The molecule has 1 N–H and O–H groups in total. The molecule has 1 aliphatic heterocycles. The maximum absolute atomic E-state index is 12.3. The predicted octanol–water partition coefficient (Wildman–Crippen LogP) is 2.33. The van der Waals surface area contributed by atoms with Gasteiger partial charge in [0.15, 0.2) is 5.78 Å². The number of esters is 1. The van der Waals surface area contributed by atoms with E-state index >= 15 is 0 Å². The Kier molecular flexibility index (Phi) is 6.40. The van der Waals surface area contributed by atoms with Crippen LogP contribution >= 0.6 is 11.8 Å². The number of allylic oxidation sites excluding steroid dienone is 1. The standard InChI is InChI=1S/C17H19NO4S/c1-22-15(19)10-6-5-9-14-16(20)13(11-23-14)18-17(21)12-7-3-2-4-8-12/h2-4,7-9,13H,5-6,10-11H2,1H3,(H,18,21)/b14-9-/t13-/m1/s1. The lowest BCUT2D eigenvalue weighted by molar-refractivity contribution is -0.140. The second-order valence-electron chi connectivity index (χ2n) is 5.10. The molecule has 1 aromatic carbocycles. The fourth-order valence-electron chi connectivity index (χ4n) is 2.17. The Bertz CT molecular complexity index is 612. The quantitative estimate of drug-likeness (QED) is 0.491. The van der Waals surface area contributed by atoms with Crippen molar-refractivity contribution in [2.75, 3.05) is 12.9 Å². The molecule has 0 aromatic heterocycles. The molecule has 6 heteroatoms. The number of ether oxygens (including phenoxy) is 1. The summed E-state index contributed by atoms with van der Waals surface area (Å²) in [7, 11) is 1.36. The number of Topliss-reactive ketones (excluding diaryl/α,β-unsaturated/α-hetero) is 1. The van der Waals surface area contributed by atoms with Crippen molar-refractivity contribution in [1.82, 2.24) is 5.32 Å². The van der Waals surface area contributed by atoms with E-state index in [1.165, 1.54) is 18.9 Å². The molecule has 1 aromatic rings. The van der Waals surface area contributed by atoms with Gasteiger partial charge >= 0.3 is 5.97 Å². The topological polar surface area (TPSA) is 72.5 Å². The van der Waals surface area contributed by atoms with Crippen molar-refractivity contribution in [3.63, 3.8) is 0 Å². The number of nitrogens with one attached hydrogen (secondary N) is 1. The number of ketones is 1. The molecule has 0 saturated carbocycles. The summed E-state index contributed by atoms with van der Waals surface area (Å²) < 4.78 is 4.57.